The molecule has 0 unspecified atom stereocenters. The van der Waals surface area contributed by atoms with Crippen LogP contribution >= 0.6 is 0 Å². The minimum absolute atomic E-state index is 0.0923. The fourth-order valence-electron chi connectivity index (χ4n) is 1.92. The van der Waals surface area contributed by atoms with E-state index in [0.29, 0.717) is 17.8 Å². The van der Waals surface area contributed by atoms with Gasteiger partial charge in [0.2, 0.25) is 0 Å². The molecule has 2 aromatic rings. The topological polar surface area (TPSA) is 38.3 Å². The van der Waals surface area contributed by atoms with Crippen molar-refractivity contribution in [3.8, 4) is 5.75 Å². The van der Waals surface area contributed by atoms with Gasteiger partial charge in [-0.1, -0.05) is 18.2 Å². The minimum Gasteiger partial charge on any atom is -0.496 e. The molecule has 0 aromatic heterocycles. The molecule has 0 saturated carbocycles. The highest BCUT2D eigenvalue weighted by molar-refractivity contribution is 5.94. The Bertz CT molecular complexity index is 626. The van der Waals surface area contributed by atoms with Crippen LogP contribution < -0.4 is 10.1 Å². The first-order chi connectivity index (χ1) is 9.61. The average Bonchev–Trinajstić information content (AvgIpc) is 2.46. The normalized spacial score (nSPS) is 10.2. The molecule has 0 fully saturated rings. The molecule has 0 heterocycles. The van der Waals surface area contributed by atoms with E-state index in [9.17, 15) is 9.18 Å². The van der Waals surface area contributed by atoms with Crippen LogP contribution in [0.25, 0.3) is 0 Å². The van der Waals surface area contributed by atoms with Crippen LogP contribution in [-0.2, 0) is 6.54 Å². The van der Waals surface area contributed by atoms with Crippen molar-refractivity contribution in [2.45, 2.75) is 13.5 Å². The van der Waals surface area contributed by atoms with E-state index in [1.807, 2.05) is 24.3 Å². The molecule has 0 spiro atoms. The lowest BCUT2D eigenvalue weighted by molar-refractivity contribution is 0.101. The van der Waals surface area contributed by atoms with Crippen LogP contribution in [0.15, 0.2) is 42.5 Å². The van der Waals surface area contributed by atoms with Gasteiger partial charge in [-0.3, -0.25) is 4.79 Å². The van der Waals surface area contributed by atoms with Crippen LogP contribution in [0.3, 0.4) is 0 Å². The molecule has 4 heteroatoms. The minimum atomic E-state index is -0.384. The van der Waals surface area contributed by atoms with E-state index in [1.165, 1.54) is 25.1 Å². The fourth-order valence-corrected chi connectivity index (χ4v) is 1.92. The summed E-state index contributed by atoms with van der Waals surface area (Å²) in [4.78, 5) is 11.3. The predicted octanol–water partition coefficient (Wildman–Crippen LogP) is 3.65. The van der Waals surface area contributed by atoms with Crippen molar-refractivity contribution in [3.63, 3.8) is 0 Å². The number of carbonyl (C=O) groups is 1. The Hall–Kier alpha value is -2.36. The van der Waals surface area contributed by atoms with E-state index in [2.05, 4.69) is 5.32 Å². The highest BCUT2D eigenvalue weighted by atomic mass is 19.1. The van der Waals surface area contributed by atoms with E-state index in [-0.39, 0.29) is 11.6 Å². The number of hydrogen-bond acceptors (Lipinski definition) is 3. The number of para-hydroxylation sites is 1. The number of hydrogen-bond donors (Lipinski definition) is 1. The van der Waals surface area contributed by atoms with Crippen molar-refractivity contribution in [3.05, 3.63) is 59.4 Å². The van der Waals surface area contributed by atoms with Gasteiger partial charge in [0.1, 0.15) is 11.6 Å². The van der Waals surface area contributed by atoms with Crippen LogP contribution in [0.5, 0.6) is 5.75 Å². The second-order valence-corrected chi connectivity index (χ2v) is 4.42. The van der Waals surface area contributed by atoms with E-state index in [4.69, 9.17) is 4.74 Å². The van der Waals surface area contributed by atoms with E-state index in [1.54, 1.807) is 7.11 Å². The van der Waals surface area contributed by atoms with Gasteiger partial charge in [-0.2, -0.15) is 0 Å². The zero-order chi connectivity index (χ0) is 14.5. The third-order valence-electron chi connectivity index (χ3n) is 3.03. The van der Waals surface area contributed by atoms with Gasteiger partial charge in [0, 0.05) is 17.7 Å². The number of ether oxygens (including phenoxy) is 1. The summed E-state index contributed by atoms with van der Waals surface area (Å²) in [5.41, 5.74) is 1.71. The van der Waals surface area contributed by atoms with Gasteiger partial charge in [-0.15, -0.1) is 0 Å². The third-order valence-corrected chi connectivity index (χ3v) is 3.03. The van der Waals surface area contributed by atoms with Gasteiger partial charge in [-0.25, -0.2) is 4.39 Å². The van der Waals surface area contributed by atoms with Crippen molar-refractivity contribution >= 4 is 11.5 Å². The first-order valence-corrected chi connectivity index (χ1v) is 6.28. The number of rotatable bonds is 5. The Morgan fingerprint density at radius 1 is 1.25 bits per heavy atom. The Kier molecular flexibility index (Phi) is 4.35. The van der Waals surface area contributed by atoms with Crippen molar-refractivity contribution in [2.75, 3.05) is 12.4 Å². The van der Waals surface area contributed by atoms with E-state index in [0.717, 1.165) is 11.3 Å². The average molecular weight is 273 g/mol. The molecule has 0 aliphatic heterocycles. The Morgan fingerprint density at radius 3 is 2.70 bits per heavy atom. The number of Topliss-reactive ketones (excluding diaryl/α,β-unsaturated/α-hetero) is 1. The lowest BCUT2D eigenvalue weighted by Gasteiger charge is -2.11. The SMILES string of the molecule is COc1ccccc1CNc1cc(C(C)=O)ccc1F. The number of ketones is 1. The zero-order valence-electron chi connectivity index (χ0n) is 11.4. The molecule has 0 amide bonds. The van der Waals surface area contributed by atoms with E-state index >= 15 is 0 Å². The second kappa shape index (κ2) is 6.19. The zero-order valence-corrected chi connectivity index (χ0v) is 11.4. The van der Waals surface area contributed by atoms with Gasteiger partial charge in [0.25, 0.3) is 0 Å². The van der Waals surface area contributed by atoms with Crippen molar-refractivity contribution < 1.29 is 13.9 Å². The summed E-state index contributed by atoms with van der Waals surface area (Å²) in [6, 6.07) is 11.8. The highest BCUT2D eigenvalue weighted by Gasteiger charge is 2.07. The summed E-state index contributed by atoms with van der Waals surface area (Å²) >= 11 is 0. The maximum atomic E-state index is 13.7. The molecular formula is C16H16FNO2. The molecule has 0 atom stereocenters. The first-order valence-electron chi connectivity index (χ1n) is 6.28. The first kappa shape index (κ1) is 14.1. The molecule has 2 aromatic carbocycles. The Morgan fingerprint density at radius 2 is 2.00 bits per heavy atom. The molecule has 20 heavy (non-hydrogen) atoms. The molecule has 0 saturated heterocycles. The predicted molar refractivity (Wildman–Crippen MR) is 76.7 cm³/mol. The number of halogens is 1. The third kappa shape index (κ3) is 3.15. The second-order valence-electron chi connectivity index (χ2n) is 4.42. The van der Waals surface area contributed by atoms with Gasteiger partial charge in [-0.05, 0) is 31.2 Å². The summed E-state index contributed by atoms with van der Waals surface area (Å²) in [7, 11) is 1.59. The Balaban J connectivity index is 2.18. The van der Waals surface area contributed by atoms with Gasteiger partial charge in [0.15, 0.2) is 5.78 Å². The summed E-state index contributed by atoms with van der Waals surface area (Å²) < 4.78 is 19.0. The summed E-state index contributed by atoms with van der Waals surface area (Å²) in [6.45, 7) is 1.87. The van der Waals surface area contributed by atoms with Crippen LogP contribution in [0.4, 0.5) is 10.1 Å². The van der Waals surface area contributed by atoms with Gasteiger partial charge >= 0.3 is 0 Å². The summed E-state index contributed by atoms with van der Waals surface area (Å²) in [6.07, 6.45) is 0. The summed E-state index contributed by atoms with van der Waals surface area (Å²) in [5.74, 6) is 0.262. The molecular weight excluding hydrogens is 257 g/mol. The molecule has 2 rings (SSSR count). The molecule has 0 aliphatic carbocycles. The lowest BCUT2D eigenvalue weighted by Crippen LogP contribution is -2.04. The maximum Gasteiger partial charge on any atom is 0.159 e. The molecule has 3 nitrogen and oxygen atoms in total. The Labute approximate surface area is 117 Å². The lowest BCUT2D eigenvalue weighted by atomic mass is 10.1. The van der Waals surface area contributed by atoms with Crippen LogP contribution in [0, 0.1) is 5.82 Å². The van der Waals surface area contributed by atoms with Crippen LogP contribution in [0.1, 0.15) is 22.8 Å². The standard InChI is InChI=1S/C16H16FNO2/c1-11(19)12-7-8-14(17)15(9-12)18-10-13-5-3-4-6-16(13)20-2/h3-9,18H,10H2,1-2H3. The fraction of sp³-hybridized carbons (Fsp3) is 0.188. The number of carbonyl (C=O) groups excluding carboxylic acids is 1. The van der Waals surface area contributed by atoms with E-state index < -0.39 is 0 Å². The molecule has 0 aliphatic rings. The number of anilines is 1. The van der Waals surface area contributed by atoms with Crippen LogP contribution in [0.2, 0.25) is 0 Å². The number of benzene rings is 2. The van der Waals surface area contributed by atoms with Crippen molar-refractivity contribution in [2.24, 2.45) is 0 Å². The molecule has 0 radical (unpaired) electrons. The number of methoxy groups -OCH3 is 1. The smallest absolute Gasteiger partial charge is 0.159 e. The van der Waals surface area contributed by atoms with Crippen LogP contribution in [-0.4, -0.2) is 12.9 Å². The largest absolute Gasteiger partial charge is 0.496 e. The molecule has 0 bridgehead atoms. The van der Waals surface area contributed by atoms with Gasteiger partial charge in [0.05, 0.1) is 12.8 Å². The van der Waals surface area contributed by atoms with Gasteiger partial charge < -0.3 is 10.1 Å². The molecule has 1 N–H and O–H groups in total. The quantitative estimate of drug-likeness (QED) is 0.845. The molecule has 104 valence electrons. The summed E-state index contributed by atoms with van der Waals surface area (Å²) in [5, 5.41) is 2.99. The van der Waals surface area contributed by atoms with Crippen molar-refractivity contribution in [1.82, 2.24) is 0 Å². The van der Waals surface area contributed by atoms with Crippen molar-refractivity contribution in [1.29, 1.82) is 0 Å². The maximum absolute atomic E-state index is 13.7. The monoisotopic (exact) mass is 273 g/mol. The number of nitrogens with one attached hydrogen (secondary N) is 1. The highest BCUT2D eigenvalue weighted by Crippen LogP contribution is 2.21.